The molecule has 1 fully saturated rings. The van der Waals surface area contributed by atoms with Crippen molar-refractivity contribution in [1.82, 2.24) is 0 Å². The first kappa shape index (κ1) is 20.5. The van der Waals surface area contributed by atoms with E-state index in [0.29, 0.717) is 18.9 Å². The predicted molar refractivity (Wildman–Crippen MR) is 119 cm³/mol. The minimum absolute atomic E-state index is 0.137. The maximum absolute atomic E-state index is 12.4. The van der Waals surface area contributed by atoms with Crippen molar-refractivity contribution in [1.29, 1.82) is 0 Å². The Morgan fingerprint density at radius 2 is 1.90 bits per heavy atom. The molecule has 1 aliphatic heterocycles. The SMILES string of the molecule is Cc1ccccc1COc1coc(C[NH+]2CCN(c3cccc(Cl)c3)CC2)cc1=O. The number of ether oxygens (including phenoxy) is 1. The number of quaternary nitrogens is 1. The van der Waals surface area contributed by atoms with Crippen LogP contribution in [0.1, 0.15) is 16.9 Å². The van der Waals surface area contributed by atoms with E-state index in [9.17, 15) is 4.79 Å². The van der Waals surface area contributed by atoms with Gasteiger partial charge in [-0.05, 0) is 36.2 Å². The largest absolute Gasteiger partial charge is 0.482 e. The molecule has 30 heavy (non-hydrogen) atoms. The quantitative estimate of drug-likeness (QED) is 0.659. The molecule has 0 spiro atoms. The van der Waals surface area contributed by atoms with Crippen molar-refractivity contribution in [2.45, 2.75) is 20.1 Å². The monoisotopic (exact) mass is 425 g/mol. The van der Waals surface area contributed by atoms with E-state index in [2.05, 4.69) is 11.0 Å². The lowest BCUT2D eigenvalue weighted by molar-refractivity contribution is -0.915. The van der Waals surface area contributed by atoms with Crippen LogP contribution < -0.4 is 20.0 Å². The summed E-state index contributed by atoms with van der Waals surface area (Å²) in [6.07, 6.45) is 1.44. The van der Waals surface area contributed by atoms with Crippen LogP contribution in [0.2, 0.25) is 5.02 Å². The van der Waals surface area contributed by atoms with Gasteiger partial charge in [0, 0.05) is 16.8 Å². The first-order chi connectivity index (χ1) is 14.6. The third kappa shape index (κ3) is 5.04. The van der Waals surface area contributed by atoms with E-state index in [1.54, 1.807) is 6.07 Å². The second kappa shape index (κ2) is 9.37. The van der Waals surface area contributed by atoms with Gasteiger partial charge in [0.15, 0.2) is 5.76 Å². The van der Waals surface area contributed by atoms with Crippen molar-refractivity contribution in [2.75, 3.05) is 31.1 Å². The number of nitrogens with one attached hydrogen (secondary N) is 1. The van der Waals surface area contributed by atoms with Crippen molar-refractivity contribution >= 4 is 17.3 Å². The molecule has 5 nitrogen and oxygen atoms in total. The fourth-order valence-corrected chi connectivity index (χ4v) is 3.93. The lowest BCUT2D eigenvalue weighted by Gasteiger charge is -2.33. The molecule has 6 heteroatoms. The van der Waals surface area contributed by atoms with E-state index in [1.165, 1.54) is 11.2 Å². The Hall–Kier alpha value is -2.76. The van der Waals surface area contributed by atoms with Crippen LogP contribution in [0.25, 0.3) is 0 Å². The second-order valence-electron chi connectivity index (χ2n) is 7.68. The van der Waals surface area contributed by atoms with E-state index >= 15 is 0 Å². The molecule has 0 unspecified atom stereocenters. The third-order valence-corrected chi connectivity index (χ3v) is 5.80. The molecule has 2 heterocycles. The predicted octanol–water partition coefficient (Wildman–Crippen LogP) is 3.09. The van der Waals surface area contributed by atoms with Crippen LogP contribution in [0.3, 0.4) is 0 Å². The van der Waals surface area contributed by atoms with Gasteiger partial charge in [0.25, 0.3) is 0 Å². The molecule has 3 aromatic rings. The summed E-state index contributed by atoms with van der Waals surface area (Å²) in [7, 11) is 0. The smallest absolute Gasteiger partial charge is 0.227 e. The maximum atomic E-state index is 12.4. The molecule has 0 aliphatic carbocycles. The number of hydrogen-bond acceptors (Lipinski definition) is 4. The molecule has 1 N–H and O–H groups in total. The highest BCUT2D eigenvalue weighted by molar-refractivity contribution is 6.30. The zero-order valence-corrected chi connectivity index (χ0v) is 17.8. The van der Waals surface area contributed by atoms with E-state index in [1.807, 2.05) is 49.4 Å². The highest BCUT2D eigenvalue weighted by Crippen LogP contribution is 2.19. The molecule has 1 saturated heterocycles. The summed E-state index contributed by atoms with van der Waals surface area (Å²) < 4.78 is 11.4. The Labute approximate surface area is 181 Å². The highest BCUT2D eigenvalue weighted by atomic mass is 35.5. The fourth-order valence-electron chi connectivity index (χ4n) is 3.74. The number of aryl methyl sites for hydroxylation is 1. The van der Waals surface area contributed by atoms with Gasteiger partial charge in [-0.1, -0.05) is 41.9 Å². The number of anilines is 1. The van der Waals surface area contributed by atoms with Crippen LogP contribution in [0.5, 0.6) is 5.75 Å². The third-order valence-electron chi connectivity index (χ3n) is 5.56. The molecule has 0 radical (unpaired) electrons. The van der Waals surface area contributed by atoms with Gasteiger partial charge in [0.05, 0.1) is 26.2 Å². The normalized spacial score (nSPS) is 14.7. The average molecular weight is 426 g/mol. The number of benzene rings is 2. The van der Waals surface area contributed by atoms with Gasteiger partial charge in [-0.15, -0.1) is 0 Å². The van der Waals surface area contributed by atoms with Crippen molar-refractivity contribution in [3.8, 4) is 5.75 Å². The molecular formula is C24H26ClN2O3+. The summed E-state index contributed by atoms with van der Waals surface area (Å²) in [5.74, 6) is 0.942. The summed E-state index contributed by atoms with van der Waals surface area (Å²) in [6.45, 7) is 6.90. The van der Waals surface area contributed by atoms with Crippen LogP contribution in [-0.4, -0.2) is 26.2 Å². The fraction of sp³-hybridized carbons (Fsp3) is 0.292. The van der Waals surface area contributed by atoms with Crippen molar-refractivity contribution in [2.24, 2.45) is 0 Å². The first-order valence-electron chi connectivity index (χ1n) is 10.2. The van der Waals surface area contributed by atoms with E-state index in [0.717, 1.165) is 48.0 Å². The van der Waals surface area contributed by atoms with Crippen LogP contribution in [0, 0.1) is 6.92 Å². The van der Waals surface area contributed by atoms with Crippen LogP contribution >= 0.6 is 11.6 Å². The Kier molecular flexibility index (Phi) is 6.41. The molecule has 0 amide bonds. The van der Waals surface area contributed by atoms with E-state index < -0.39 is 0 Å². The van der Waals surface area contributed by atoms with Gasteiger partial charge in [-0.3, -0.25) is 4.79 Å². The lowest BCUT2D eigenvalue weighted by atomic mass is 10.1. The van der Waals surface area contributed by atoms with Gasteiger partial charge in [0.2, 0.25) is 11.2 Å². The average Bonchev–Trinajstić information content (AvgIpc) is 2.75. The molecule has 0 saturated carbocycles. The topological polar surface area (TPSA) is 47.1 Å². The second-order valence-corrected chi connectivity index (χ2v) is 8.12. The van der Waals surface area contributed by atoms with Gasteiger partial charge in [0.1, 0.15) is 19.4 Å². The molecule has 0 bridgehead atoms. The number of hydrogen-bond donors (Lipinski definition) is 1. The molecule has 1 aromatic heterocycles. The highest BCUT2D eigenvalue weighted by Gasteiger charge is 2.21. The minimum Gasteiger partial charge on any atom is -0.482 e. The first-order valence-corrected chi connectivity index (χ1v) is 10.6. The van der Waals surface area contributed by atoms with Gasteiger partial charge < -0.3 is 19.0 Å². The Morgan fingerprint density at radius 1 is 1.10 bits per heavy atom. The summed E-state index contributed by atoms with van der Waals surface area (Å²) in [5.41, 5.74) is 3.21. The van der Waals surface area contributed by atoms with Crippen LogP contribution in [0.15, 0.2) is 70.1 Å². The number of piperazine rings is 1. The molecule has 4 rings (SSSR count). The Morgan fingerprint density at radius 3 is 2.63 bits per heavy atom. The number of nitrogens with zero attached hydrogens (tertiary/aromatic N) is 1. The standard InChI is InChI=1S/C24H25ClN2O3/c1-18-5-2-3-6-19(18)16-30-24-17-29-22(14-23(24)28)15-26-9-11-27(12-10-26)21-8-4-7-20(25)13-21/h2-8,13-14,17H,9-12,15-16H2,1H3/p+1. The number of halogens is 1. The molecular weight excluding hydrogens is 400 g/mol. The van der Waals surface area contributed by atoms with Crippen molar-refractivity contribution in [3.05, 3.63) is 93.0 Å². The molecule has 1 aliphatic rings. The van der Waals surface area contributed by atoms with E-state index in [-0.39, 0.29) is 11.2 Å². The van der Waals surface area contributed by atoms with Gasteiger partial charge in [-0.25, -0.2) is 0 Å². The summed E-state index contributed by atoms with van der Waals surface area (Å²) >= 11 is 6.11. The molecule has 156 valence electrons. The summed E-state index contributed by atoms with van der Waals surface area (Å²) in [5, 5.41) is 0.758. The zero-order chi connectivity index (χ0) is 20.9. The lowest BCUT2D eigenvalue weighted by Crippen LogP contribution is -3.13. The summed E-state index contributed by atoms with van der Waals surface area (Å²) in [6, 6.07) is 17.5. The molecule has 2 aromatic carbocycles. The van der Waals surface area contributed by atoms with Gasteiger partial charge >= 0.3 is 0 Å². The Bertz CT molecular complexity index is 1060. The van der Waals surface area contributed by atoms with Crippen LogP contribution in [0.4, 0.5) is 5.69 Å². The molecule has 0 atom stereocenters. The minimum atomic E-state index is -0.137. The van der Waals surface area contributed by atoms with Gasteiger partial charge in [-0.2, -0.15) is 0 Å². The maximum Gasteiger partial charge on any atom is 0.227 e. The summed E-state index contributed by atoms with van der Waals surface area (Å²) in [4.78, 5) is 16.2. The van der Waals surface area contributed by atoms with Crippen LogP contribution in [-0.2, 0) is 13.2 Å². The Balaban J connectivity index is 1.32. The van der Waals surface area contributed by atoms with E-state index in [4.69, 9.17) is 20.8 Å². The van der Waals surface area contributed by atoms with Crippen molar-refractivity contribution in [3.63, 3.8) is 0 Å². The van der Waals surface area contributed by atoms with Crippen molar-refractivity contribution < 1.29 is 14.1 Å². The number of rotatable bonds is 6. The zero-order valence-electron chi connectivity index (χ0n) is 17.1.